The Hall–Kier alpha value is -2.24. The van der Waals surface area contributed by atoms with Crippen molar-refractivity contribution in [3.8, 4) is 5.69 Å². The summed E-state index contributed by atoms with van der Waals surface area (Å²) >= 11 is 0. The molecule has 2 aromatic rings. The maximum Gasteiger partial charge on any atom is 0.224 e. The molecule has 1 aromatic heterocycles. The summed E-state index contributed by atoms with van der Waals surface area (Å²) in [6.07, 6.45) is 2.06. The summed E-state index contributed by atoms with van der Waals surface area (Å²) in [5.41, 5.74) is 2.68. The Labute approximate surface area is 111 Å². The fraction of sp³-hybridized carbons (Fsp3) is 0.385. The van der Waals surface area contributed by atoms with Crippen molar-refractivity contribution in [3.63, 3.8) is 0 Å². The number of benzene rings is 1. The summed E-state index contributed by atoms with van der Waals surface area (Å²) in [5.74, 6) is 0.381. The Morgan fingerprint density at radius 1 is 1.42 bits per heavy atom. The van der Waals surface area contributed by atoms with E-state index in [0.717, 1.165) is 16.9 Å². The summed E-state index contributed by atoms with van der Waals surface area (Å²) in [4.78, 5) is 11.7. The first-order valence-corrected chi connectivity index (χ1v) is 6.20. The molecule has 1 heterocycles. The molecule has 0 aliphatic rings. The van der Waals surface area contributed by atoms with Gasteiger partial charge in [0.2, 0.25) is 5.91 Å². The Kier molecular flexibility index (Phi) is 3.89. The highest BCUT2D eigenvalue weighted by atomic mass is 16.1. The Morgan fingerprint density at radius 3 is 2.79 bits per heavy atom. The summed E-state index contributed by atoms with van der Waals surface area (Å²) < 4.78 is 1.59. The molecule has 0 fully saturated rings. The predicted octanol–water partition coefficient (Wildman–Crippen LogP) is 1.96. The quantitative estimate of drug-likeness (QED) is 0.910. The summed E-state index contributed by atoms with van der Waals surface area (Å²) in [6, 6.07) is 5.65. The monoisotopic (exact) mass is 259 g/mol. The van der Waals surface area contributed by atoms with E-state index in [4.69, 9.17) is 0 Å². The molecule has 2 rings (SSSR count). The van der Waals surface area contributed by atoms with Gasteiger partial charge in [-0.15, -0.1) is 5.10 Å². The molecule has 0 saturated heterocycles. The van der Waals surface area contributed by atoms with Crippen LogP contribution in [-0.2, 0) is 4.79 Å². The van der Waals surface area contributed by atoms with Crippen LogP contribution < -0.4 is 5.32 Å². The van der Waals surface area contributed by atoms with Crippen molar-refractivity contribution in [1.82, 2.24) is 20.2 Å². The second kappa shape index (κ2) is 5.60. The SMILES string of the molecule is Cc1cc(NC(=O)CC(C)C)ccc1-n1cnnn1. The van der Waals surface area contributed by atoms with E-state index in [-0.39, 0.29) is 5.91 Å². The Bertz CT molecular complexity index is 562. The lowest BCUT2D eigenvalue weighted by Gasteiger charge is -2.10. The highest BCUT2D eigenvalue weighted by Gasteiger charge is 2.07. The van der Waals surface area contributed by atoms with E-state index in [1.807, 2.05) is 39.0 Å². The van der Waals surface area contributed by atoms with Crippen LogP contribution in [0, 0.1) is 12.8 Å². The van der Waals surface area contributed by atoms with Crippen molar-refractivity contribution in [2.75, 3.05) is 5.32 Å². The molecule has 0 unspecified atom stereocenters. The zero-order chi connectivity index (χ0) is 13.8. The highest BCUT2D eigenvalue weighted by Crippen LogP contribution is 2.18. The van der Waals surface area contributed by atoms with Crippen LogP contribution in [0.3, 0.4) is 0 Å². The van der Waals surface area contributed by atoms with Gasteiger partial charge in [0, 0.05) is 12.1 Å². The summed E-state index contributed by atoms with van der Waals surface area (Å²) in [5, 5.41) is 13.9. The van der Waals surface area contributed by atoms with Crippen molar-refractivity contribution < 1.29 is 4.79 Å². The average molecular weight is 259 g/mol. The molecular formula is C13H17N5O. The van der Waals surface area contributed by atoms with Crippen molar-refractivity contribution in [2.24, 2.45) is 5.92 Å². The van der Waals surface area contributed by atoms with E-state index in [2.05, 4.69) is 20.8 Å². The fourth-order valence-electron chi connectivity index (χ4n) is 1.84. The van der Waals surface area contributed by atoms with E-state index in [0.29, 0.717) is 12.3 Å². The average Bonchev–Trinajstić information content (AvgIpc) is 2.81. The molecule has 0 aliphatic carbocycles. The number of carbonyl (C=O) groups is 1. The second-order valence-corrected chi connectivity index (χ2v) is 4.90. The number of tetrazole rings is 1. The summed E-state index contributed by atoms with van der Waals surface area (Å²) in [6.45, 7) is 5.99. The number of anilines is 1. The molecule has 0 radical (unpaired) electrons. The largest absolute Gasteiger partial charge is 0.326 e. The summed E-state index contributed by atoms with van der Waals surface area (Å²) in [7, 11) is 0. The van der Waals surface area contributed by atoms with E-state index >= 15 is 0 Å². The van der Waals surface area contributed by atoms with Crippen molar-refractivity contribution in [3.05, 3.63) is 30.1 Å². The maximum absolute atomic E-state index is 11.7. The van der Waals surface area contributed by atoms with E-state index < -0.39 is 0 Å². The standard InChI is InChI=1S/C13H17N5O/c1-9(2)6-13(19)15-11-4-5-12(10(3)7-11)18-8-14-16-17-18/h4-5,7-9H,6H2,1-3H3,(H,15,19). The molecule has 6 heteroatoms. The van der Waals surface area contributed by atoms with Gasteiger partial charge in [-0.25, -0.2) is 4.68 Å². The zero-order valence-corrected chi connectivity index (χ0v) is 11.3. The third kappa shape index (κ3) is 3.37. The molecule has 1 amide bonds. The minimum atomic E-state index is 0.0320. The molecule has 0 aliphatic heterocycles. The molecule has 0 spiro atoms. The lowest BCUT2D eigenvalue weighted by Crippen LogP contribution is -2.14. The first kappa shape index (κ1) is 13.2. The van der Waals surface area contributed by atoms with Crippen molar-refractivity contribution >= 4 is 11.6 Å². The number of rotatable bonds is 4. The first-order valence-electron chi connectivity index (χ1n) is 6.20. The van der Waals surface area contributed by atoms with Crippen molar-refractivity contribution in [1.29, 1.82) is 0 Å². The lowest BCUT2D eigenvalue weighted by atomic mass is 10.1. The van der Waals surface area contributed by atoms with Gasteiger partial charge in [0.25, 0.3) is 0 Å². The number of carbonyl (C=O) groups excluding carboxylic acids is 1. The lowest BCUT2D eigenvalue weighted by molar-refractivity contribution is -0.116. The van der Waals surface area contributed by atoms with Crippen LogP contribution in [0.5, 0.6) is 0 Å². The molecule has 1 aromatic carbocycles. The van der Waals surface area contributed by atoms with Crippen LogP contribution in [0.4, 0.5) is 5.69 Å². The topological polar surface area (TPSA) is 72.7 Å². The van der Waals surface area contributed by atoms with Gasteiger partial charge in [-0.3, -0.25) is 4.79 Å². The molecule has 0 atom stereocenters. The number of nitrogens with one attached hydrogen (secondary N) is 1. The number of aryl methyl sites for hydroxylation is 1. The van der Waals surface area contributed by atoms with E-state index in [1.54, 1.807) is 11.0 Å². The van der Waals surface area contributed by atoms with Crippen molar-refractivity contribution in [2.45, 2.75) is 27.2 Å². The number of nitrogens with zero attached hydrogens (tertiary/aromatic N) is 4. The van der Waals surface area contributed by atoms with Crippen LogP contribution in [0.2, 0.25) is 0 Å². The van der Waals surface area contributed by atoms with E-state index in [1.165, 1.54) is 0 Å². The minimum Gasteiger partial charge on any atom is -0.326 e. The molecular weight excluding hydrogens is 242 g/mol. The van der Waals surface area contributed by atoms with Crippen LogP contribution in [0.1, 0.15) is 25.8 Å². The zero-order valence-electron chi connectivity index (χ0n) is 11.3. The molecule has 100 valence electrons. The smallest absolute Gasteiger partial charge is 0.224 e. The van der Waals surface area contributed by atoms with E-state index in [9.17, 15) is 4.79 Å². The van der Waals surface area contributed by atoms with Gasteiger partial charge < -0.3 is 5.32 Å². The predicted molar refractivity (Wildman–Crippen MR) is 72.0 cm³/mol. The second-order valence-electron chi connectivity index (χ2n) is 4.90. The van der Waals surface area contributed by atoms with Gasteiger partial charge in [0.1, 0.15) is 6.33 Å². The molecule has 0 bridgehead atoms. The third-order valence-corrected chi connectivity index (χ3v) is 2.67. The number of amides is 1. The minimum absolute atomic E-state index is 0.0320. The molecule has 6 nitrogen and oxygen atoms in total. The molecule has 1 N–H and O–H groups in total. The number of aromatic nitrogens is 4. The van der Waals surface area contributed by atoms with Gasteiger partial charge in [0.05, 0.1) is 5.69 Å². The Balaban J connectivity index is 2.13. The highest BCUT2D eigenvalue weighted by molar-refractivity contribution is 5.91. The van der Waals surface area contributed by atoms with Gasteiger partial charge >= 0.3 is 0 Å². The first-order chi connectivity index (χ1) is 9.06. The number of hydrogen-bond donors (Lipinski definition) is 1. The van der Waals surface area contributed by atoms with Gasteiger partial charge in [-0.1, -0.05) is 13.8 Å². The molecule has 0 saturated carbocycles. The van der Waals surface area contributed by atoms with Crippen LogP contribution in [-0.4, -0.2) is 26.1 Å². The third-order valence-electron chi connectivity index (χ3n) is 2.67. The normalized spacial score (nSPS) is 10.7. The van der Waals surface area contributed by atoms with Crippen LogP contribution in [0.15, 0.2) is 24.5 Å². The number of hydrogen-bond acceptors (Lipinski definition) is 4. The van der Waals surface area contributed by atoms with Crippen LogP contribution >= 0.6 is 0 Å². The Morgan fingerprint density at radius 2 is 2.21 bits per heavy atom. The van der Waals surface area contributed by atoms with Gasteiger partial charge in [-0.2, -0.15) is 0 Å². The molecule has 19 heavy (non-hydrogen) atoms. The van der Waals surface area contributed by atoms with Gasteiger partial charge in [0.15, 0.2) is 0 Å². The fourth-order valence-corrected chi connectivity index (χ4v) is 1.84. The van der Waals surface area contributed by atoms with Crippen LogP contribution in [0.25, 0.3) is 5.69 Å². The maximum atomic E-state index is 11.7. The van der Waals surface area contributed by atoms with Gasteiger partial charge in [-0.05, 0) is 47.0 Å².